The SMILES string of the molecule is CC(Oc1c(Cl)cccc1Cl)C1=NCCN1.O=C(O)C(F)(F)C(F)(F)F. The number of carboxylic acids is 1. The average molecular weight is 423 g/mol. The Morgan fingerprint density at radius 1 is 1.27 bits per heavy atom. The molecule has 1 aliphatic heterocycles. The number of hydrogen-bond donors (Lipinski definition) is 2. The Hall–Kier alpha value is -1.81. The van der Waals surface area contributed by atoms with Crippen molar-refractivity contribution in [2.75, 3.05) is 13.1 Å². The van der Waals surface area contributed by atoms with E-state index in [1.54, 1.807) is 18.2 Å². The van der Waals surface area contributed by atoms with Gasteiger partial charge in [0.2, 0.25) is 0 Å². The summed E-state index contributed by atoms with van der Waals surface area (Å²) in [5.74, 6) is -7.49. The van der Waals surface area contributed by atoms with Gasteiger partial charge in [-0.2, -0.15) is 22.0 Å². The van der Waals surface area contributed by atoms with Crippen molar-refractivity contribution in [1.82, 2.24) is 5.32 Å². The fourth-order valence-electron chi connectivity index (χ4n) is 1.64. The third kappa shape index (κ3) is 5.60. The molecular formula is C14H13Cl2F5N2O3. The summed E-state index contributed by atoms with van der Waals surface area (Å²) < 4.78 is 61.2. The Bertz CT molecular complexity index is 663. The Morgan fingerprint density at radius 3 is 2.15 bits per heavy atom. The fraction of sp³-hybridized carbons (Fsp3) is 0.429. The zero-order valence-electron chi connectivity index (χ0n) is 13.1. The maximum Gasteiger partial charge on any atom is 0.465 e. The minimum Gasteiger partial charge on any atom is -0.480 e. The lowest BCUT2D eigenvalue weighted by atomic mass is 10.3. The molecule has 0 saturated heterocycles. The van der Waals surface area contributed by atoms with Gasteiger partial charge in [-0.3, -0.25) is 4.99 Å². The molecular weight excluding hydrogens is 410 g/mol. The molecule has 0 saturated carbocycles. The van der Waals surface area contributed by atoms with E-state index in [4.69, 9.17) is 33.0 Å². The molecule has 1 aliphatic rings. The second-order valence-electron chi connectivity index (χ2n) is 4.88. The molecule has 0 fully saturated rings. The number of nitrogens with one attached hydrogen (secondary N) is 1. The van der Waals surface area contributed by atoms with Gasteiger partial charge in [-0.05, 0) is 19.1 Å². The highest BCUT2D eigenvalue weighted by molar-refractivity contribution is 6.37. The first-order chi connectivity index (χ1) is 11.9. The second kappa shape index (κ2) is 8.72. The predicted molar refractivity (Wildman–Crippen MR) is 85.5 cm³/mol. The van der Waals surface area contributed by atoms with Gasteiger partial charge >= 0.3 is 18.1 Å². The number of benzene rings is 1. The van der Waals surface area contributed by atoms with E-state index in [-0.39, 0.29) is 6.10 Å². The van der Waals surface area contributed by atoms with Crippen LogP contribution in [0.4, 0.5) is 22.0 Å². The van der Waals surface area contributed by atoms with Gasteiger partial charge in [0.25, 0.3) is 0 Å². The minimum atomic E-state index is -6.02. The van der Waals surface area contributed by atoms with E-state index in [0.717, 1.165) is 18.9 Å². The van der Waals surface area contributed by atoms with Crippen LogP contribution in [0.3, 0.4) is 0 Å². The third-order valence-electron chi connectivity index (χ3n) is 2.92. The number of aliphatic carboxylic acids is 1. The van der Waals surface area contributed by atoms with Crippen molar-refractivity contribution in [1.29, 1.82) is 0 Å². The standard InChI is InChI=1S/C11H12Cl2N2O.C3HF5O2/c1-7(11-14-5-6-15-11)16-10-8(12)3-2-4-9(10)13;4-2(5,1(9)10)3(6,7)8/h2-4,7H,5-6H2,1H3,(H,14,15);(H,9,10). The Labute approximate surface area is 154 Å². The van der Waals surface area contributed by atoms with E-state index >= 15 is 0 Å². The molecule has 1 aromatic carbocycles. The molecule has 0 spiro atoms. The number of halogens is 7. The normalized spacial score (nSPS) is 15.3. The van der Waals surface area contributed by atoms with Gasteiger partial charge in [0.15, 0.2) is 11.9 Å². The largest absolute Gasteiger partial charge is 0.480 e. The molecule has 1 unspecified atom stereocenters. The number of para-hydroxylation sites is 1. The monoisotopic (exact) mass is 422 g/mol. The summed E-state index contributed by atoms with van der Waals surface area (Å²) in [5.41, 5.74) is 0. The van der Waals surface area contributed by atoms with E-state index < -0.39 is 18.1 Å². The number of ether oxygens (including phenoxy) is 1. The molecule has 146 valence electrons. The third-order valence-corrected chi connectivity index (χ3v) is 3.52. The molecule has 0 aromatic heterocycles. The maximum atomic E-state index is 11.3. The zero-order chi connectivity index (χ0) is 20.1. The second-order valence-corrected chi connectivity index (χ2v) is 5.70. The number of rotatable bonds is 4. The summed E-state index contributed by atoms with van der Waals surface area (Å²) >= 11 is 12.0. The molecule has 12 heteroatoms. The Kier molecular flexibility index (Phi) is 7.45. The van der Waals surface area contributed by atoms with Crippen LogP contribution in [0, 0.1) is 0 Å². The molecule has 0 radical (unpaired) electrons. The molecule has 2 N–H and O–H groups in total. The fourth-order valence-corrected chi connectivity index (χ4v) is 2.12. The summed E-state index contributed by atoms with van der Waals surface area (Å²) in [6.07, 6.45) is -6.18. The topological polar surface area (TPSA) is 70.9 Å². The Morgan fingerprint density at radius 2 is 1.81 bits per heavy atom. The quantitative estimate of drug-likeness (QED) is 0.718. The smallest absolute Gasteiger partial charge is 0.465 e. The molecule has 1 aromatic rings. The molecule has 0 aliphatic carbocycles. The Balaban J connectivity index is 0.000000294. The van der Waals surface area contributed by atoms with E-state index in [0.29, 0.717) is 15.8 Å². The van der Waals surface area contributed by atoms with Crippen molar-refractivity contribution in [2.24, 2.45) is 4.99 Å². The first-order valence-electron chi connectivity index (χ1n) is 6.94. The molecule has 1 atom stereocenters. The maximum absolute atomic E-state index is 11.3. The van der Waals surface area contributed by atoms with Crippen molar-refractivity contribution < 1.29 is 36.6 Å². The molecule has 2 rings (SSSR count). The van der Waals surface area contributed by atoms with Crippen molar-refractivity contribution in [2.45, 2.75) is 25.1 Å². The number of hydrogen-bond acceptors (Lipinski definition) is 4. The first kappa shape index (κ1) is 22.2. The highest BCUT2D eigenvalue weighted by atomic mass is 35.5. The van der Waals surface area contributed by atoms with Crippen LogP contribution in [-0.2, 0) is 4.79 Å². The van der Waals surface area contributed by atoms with Gasteiger partial charge < -0.3 is 15.2 Å². The van der Waals surface area contributed by atoms with Gasteiger partial charge in [-0.25, -0.2) is 4.79 Å². The number of amidine groups is 1. The van der Waals surface area contributed by atoms with Crippen LogP contribution in [0.15, 0.2) is 23.2 Å². The van der Waals surface area contributed by atoms with E-state index in [2.05, 4.69) is 10.3 Å². The lowest BCUT2D eigenvalue weighted by Gasteiger charge is -2.16. The van der Waals surface area contributed by atoms with Crippen molar-refractivity contribution in [3.8, 4) is 5.75 Å². The number of alkyl halides is 5. The van der Waals surface area contributed by atoms with Gasteiger partial charge in [0.1, 0.15) is 5.84 Å². The van der Waals surface area contributed by atoms with Gasteiger partial charge in [0.05, 0.1) is 16.6 Å². The van der Waals surface area contributed by atoms with Crippen LogP contribution in [0.25, 0.3) is 0 Å². The van der Waals surface area contributed by atoms with Crippen LogP contribution in [0.5, 0.6) is 5.75 Å². The molecule has 1 heterocycles. The number of carboxylic acid groups (broad SMARTS) is 1. The molecule has 5 nitrogen and oxygen atoms in total. The number of nitrogens with zero attached hydrogens (tertiary/aromatic N) is 1. The molecule has 0 amide bonds. The number of aliphatic imine (C=N–C) groups is 1. The lowest BCUT2D eigenvalue weighted by Crippen LogP contribution is -2.43. The predicted octanol–water partition coefficient (Wildman–Crippen LogP) is 4.03. The molecule has 0 bridgehead atoms. The average Bonchev–Trinajstić information content (AvgIpc) is 3.05. The summed E-state index contributed by atoms with van der Waals surface area (Å²) in [6.45, 7) is 3.56. The van der Waals surface area contributed by atoms with Crippen LogP contribution in [-0.4, -0.2) is 48.2 Å². The van der Waals surface area contributed by atoms with Crippen LogP contribution >= 0.6 is 23.2 Å². The van der Waals surface area contributed by atoms with E-state index in [1.165, 1.54) is 0 Å². The van der Waals surface area contributed by atoms with Crippen molar-refractivity contribution >= 4 is 35.0 Å². The zero-order valence-corrected chi connectivity index (χ0v) is 14.6. The van der Waals surface area contributed by atoms with Gasteiger partial charge in [-0.15, -0.1) is 0 Å². The molecule has 26 heavy (non-hydrogen) atoms. The van der Waals surface area contributed by atoms with E-state index in [9.17, 15) is 26.7 Å². The lowest BCUT2D eigenvalue weighted by molar-refractivity contribution is -0.277. The van der Waals surface area contributed by atoms with Crippen LogP contribution < -0.4 is 10.1 Å². The highest BCUT2D eigenvalue weighted by Gasteiger charge is 2.64. The summed E-state index contributed by atoms with van der Waals surface area (Å²) in [7, 11) is 0. The number of carbonyl (C=O) groups is 1. The van der Waals surface area contributed by atoms with Crippen molar-refractivity contribution in [3.63, 3.8) is 0 Å². The van der Waals surface area contributed by atoms with Crippen LogP contribution in [0.2, 0.25) is 10.0 Å². The van der Waals surface area contributed by atoms with Crippen LogP contribution in [0.1, 0.15) is 6.92 Å². The van der Waals surface area contributed by atoms with Gasteiger partial charge in [0, 0.05) is 6.54 Å². The summed E-state index contributed by atoms with van der Waals surface area (Å²) in [6, 6.07) is 5.28. The summed E-state index contributed by atoms with van der Waals surface area (Å²) in [4.78, 5) is 13.5. The first-order valence-corrected chi connectivity index (χ1v) is 7.70. The minimum absolute atomic E-state index is 0.167. The van der Waals surface area contributed by atoms with Crippen molar-refractivity contribution in [3.05, 3.63) is 28.2 Å². The highest BCUT2D eigenvalue weighted by Crippen LogP contribution is 2.35. The van der Waals surface area contributed by atoms with E-state index in [1.807, 2.05) is 6.92 Å². The summed E-state index contributed by atoms with van der Waals surface area (Å²) in [5, 5.41) is 11.5. The van der Waals surface area contributed by atoms with Gasteiger partial charge in [-0.1, -0.05) is 29.3 Å².